The topological polar surface area (TPSA) is 131 Å². The van der Waals surface area contributed by atoms with Crippen molar-refractivity contribution in [3.8, 4) is 0 Å². The summed E-state index contributed by atoms with van der Waals surface area (Å²) in [5, 5.41) is 12.6. The standard InChI is InChI=1S/C36H68NO8P/c1-3-5-7-9-11-13-14-15-16-17-18-19-21-23-25-27-29-36(40)43-32-34(38)33-45-46(41,42)44-31-30-37-35(39)28-26-24-22-20-12-10-8-6-4-2/h13-14,16-17,34,38H,3-12,15,18-33H2,1-2H3,(H,37,39)(H,41,42)/b14-13-,17-16-. The number of aliphatic hydroxyl groups is 1. The average Bonchev–Trinajstić information content (AvgIpc) is 3.04. The van der Waals surface area contributed by atoms with Gasteiger partial charge in [0.25, 0.3) is 0 Å². The first-order valence-corrected chi connectivity index (χ1v) is 19.8. The van der Waals surface area contributed by atoms with Gasteiger partial charge in [0.1, 0.15) is 12.7 Å². The van der Waals surface area contributed by atoms with Gasteiger partial charge >= 0.3 is 13.8 Å². The number of ether oxygens (including phenoxy) is 1. The first-order valence-electron chi connectivity index (χ1n) is 18.3. The monoisotopic (exact) mass is 673 g/mol. The van der Waals surface area contributed by atoms with E-state index in [1.165, 1.54) is 70.6 Å². The maximum Gasteiger partial charge on any atom is 0.472 e. The van der Waals surface area contributed by atoms with Crippen LogP contribution in [0.15, 0.2) is 24.3 Å². The molecule has 10 heteroatoms. The molecule has 46 heavy (non-hydrogen) atoms. The van der Waals surface area contributed by atoms with E-state index in [0.717, 1.165) is 64.2 Å². The van der Waals surface area contributed by atoms with Gasteiger partial charge in [0.2, 0.25) is 5.91 Å². The average molecular weight is 674 g/mol. The van der Waals surface area contributed by atoms with E-state index in [1.54, 1.807) is 0 Å². The first kappa shape index (κ1) is 44.5. The van der Waals surface area contributed by atoms with E-state index in [1.807, 2.05) is 0 Å². The number of hydrogen-bond acceptors (Lipinski definition) is 7. The van der Waals surface area contributed by atoms with E-state index >= 15 is 0 Å². The minimum absolute atomic E-state index is 0.0819. The molecule has 2 atom stereocenters. The van der Waals surface area contributed by atoms with Crippen molar-refractivity contribution in [3.63, 3.8) is 0 Å². The molecule has 0 spiro atoms. The molecule has 0 aromatic carbocycles. The van der Waals surface area contributed by atoms with Crippen LogP contribution in [-0.4, -0.2) is 54.3 Å². The number of aliphatic hydroxyl groups excluding tert-OH is 1. The highest BCUT2D eigenvalue weighted by atomic mass is 31.2. The van der Waals surface area contributed by atoms with Crippen molar-refractivity contribution in [1.29, 1.82) is 0 Å². The highest BCUT2D eigenvalue weighted by molar-refractivity contribution is 7.47. The molecule has 0 fully saturated rings. The quantitative estimate of drug-likeness (QED) is 0.0267. The van der Waals surface area contributed by atoms with Crippen LogP contribution < -0.4 is 5.32 Å². The number of rotatable bonds is 34. The highest BCUT2D eigenvalue weighted by Crippen LogP contribution is 2.42. The summed E-state index contributed by atoms with van der Waals surface area (Å²) in [5.41, 5.74) is 0. The van der Waals surface area contributed by atoms with Crippen LogP contribution in [0.3, 0.4) is 0 Å². The van der Waals surface area contributed by atoms with Crippen molar-refractivity contribution in [2.75, 3.05) is 26.4 Å². The lowest BCUT2D eigenvalue weighted by Crippen LogP contribution is -2.27. The fourth-order valence-corrected chi connectivity index (χ4v) is 5.58. The summed E-state index contributed by atoms with van der Waals surface area (Å²) in [6, 6.07) is 0. The Labute approximate surface area is 280 Å². The van der Waals surface area contributed by atoms with E-state index in [2.05, 4.69) is 43.5 Å². The van der Waals surface area contributed by atoms with Gasteiger partial charge in [-0.15, -0.1) is 0 Å². The third-order valence-corrected chi connectivity index (χ3v) is 8.62. The Morgan fingerprint density at radius 3 is 1.76 bits per heavy atom. The summed E-state index contributed by atoms with van der Waals surface area (Å²) < 4.78 is 26.7. The Kier molecular flexibility index (Phi) is 32.3. The normalized spacial score (nSPS) is 13.7. The number of allylic oxidation sites excluding steroid dienone is 4. The second-order valence-corrected chi connectivity index (χ2v) is 13.7. The molecule has 0 radical (unpaired) electrons. The van der Waals surface area contributed by atoms with Crippen LogP contribution in [-0.2, 0) is 27.9 Å². The summed E-state index contributed by atoms with van der Waals surface area (Å²) in [6.07, 6.45) is 32.5. The van der Waals surface area contributed by atoms with Crippen molar-refractivity contribution in [3.05, 3.63) is 24.3 Å². The van der Waals surface area contributed by atoms with E-state index < -0.39 is 26.5 Å². The van der Waals surface area contributed by atoms with Crippen LogP contribution in [0.1, 0.15) is 162 Å². The van der Waals surface area contributed by atoms with Gasteiger partial charge in [-0.2, -0.15) is 0 Å². The predicted octanol–water partition coefficient (Wildman–Crippen LogP) is 9.26. The van der Waals surface area contributed by atoms with Crippen LogP contribution in [0.4, 0.5) is 0 Å². The molecule has 0 rings (SSSR count). The molecule has 0 aliphatic carbocycles. The molecular formula is C36H68NO8P. The Hall–Kier alpha value is -1.51. The maximum atomic E-state index is 12.0. The lowest BCUT2D eigenvalue weighted by atomic mass is 10.1. The van der Waals surface area contributed by atoms with E-state index in [9.17, 15) is 24.2 Å². The van der Waals surface area contributed by atoms with Gasteiger partial charge in [0.15, 0.2) is 0 Å². The van der Waals surface area contributed by atoms with Crippen molar-refractivity contribution < 1.29 is 37.9 Å². The van der Waals surface area contributed by atoms with Gasteiger partial charge in [-0.25, -0.2) is 4.57 Å². The van der Waals surface area contributed by atoms with Gasteiger partial charge in [0, 0.05) is 19.4 Å². The summed E-state index contributed by atoms with van der Waals surface area (Å²) >= 11 is 0. The number of carbonyl (C=O) groups excluding carboxylic acids is 2. The molecule has 0 saturated heterocycles. The van der Waals surface area contributed by atoms with Gasteiger partial charge in [-0.05, 0) is 44.9 Å². The van der Waals surface area contributed by atoms with Gasteiger partial charge in [0.05, 0.1) is 13.2 Å². The van der Waals surface area contributed by atoms with Crippen LogP contribution in [0.2, 0.25) is 0 Å². The zero-order valence-corrected chi connectivity index (χ0v) is 30.2. The molecule has 270 valence electrons. The first-order chi connectivity index (χ1) is 22.3. The predicted molar refractivity (Wildman–Crippen MR) is 188 cm³/mol. The fraction of sp³-hybridized carbons (Fsp3) is 0.833. The lowest BCUT2D eigenvalue weighted by Gasteiger charge is -2.15. The molecule has 9 nitrogen and oxygen atoms in total. The number of unbranched alkanes of at least 4 members (excludes halogenated alkanes) is 17. The highest BCUT2D eigenvalue weighted by Gasteiger charge is 2.23. The number of nitrogens with one attached hydrogen (secondary N) is 1. The maximum absolute atomic E-state index is 12.0. The van der Waals surface area contributed by atoms with Crippen molar-refractivity contribution in [1.82, 2.24) is 5.32 Å². The summed E-state index contributed by atoms with van der Waals surface area (Å²) in [6.45, 7) is 3.48. The van der Waals surface area contributed by atoms with Crippen LogP contribution >= 0.6 is 7.82 Å². The number of amides is 1. The molecular weight excluding hydrogens is 605 g/mol. The second kappa shape index (κ2) is 33.4. The lowest BCUT2D eigenvalue weighted by molar-refractivity contribution is -0.147. The van der Waals surface area contributed by atoms with Gasteiger partial charge < -0.3 is 20.1 Å². The molecule has 2 unspecified atom stereocenters. The van der Waals surface area contributed by atoms with E-state index in [0.29, 0.717) is 6.42 Å². The largest absolute Gasteiger partial charge is 0.472 e. The number of esters is 1. The number of phosphoric acid groups is 1. The zero-order chi connectivity index (χ0) is 34.0. The number of hydrogen-bond donors (Lipinski definition) is 3. The van der Waals surface area contributed by atoms with E-state index in [4.69, 9.17) is 13.8 Å². The molecule has 0 aromatic heterocycles. The molecule has 0 bridgehead atoms. The van der Waals surface area contributed by atoms with E-state index in [-0.39, 0.29) is 32.1 Å². The smallest absolute Gasteiger partial charge is 0.463 e. The molecule has 0 heterocycles. The minimum atomic E-state index is -4.40. The van der Waals surface area contributed by atoms with Crippen molar-refractivity contribution >= 4 is 19.7 Å². The van der Waals surface area contributed by atoms with Gasteiger partial charge in [-0.3, -0.25) is 18.6 Å². The third-order valence-electron chi connectivity index (χ3n) is 7.63. The third kappa shape index (κ3) is 33.8. The SMILES string of the molecule is CCCCCC/C=C\C/C=C\CCCCCCCC(=O)OCC(O)COP(=O)(O)OCCNC(=O)CCCCCCCCCCC. The Morgan fingerprint density at radius 1 is 0.674 bits per heavy atom. The second-order valence-electron chi connectivity index (χ2n) is 12.2. The Balaban J connectivity index is 3.66. The van der Waals surface area contributed by atoms with Crippen molar-refractivity contribution in [2.45, 2.75) is 168 Å². The molecule has 0 aromatic rings. The molecule has 0 aliphatic rings. The van der Waals surface area contributed by atoms with Crippen LogP contribution in [0.5, 0.6) is 0 Å². The fourth-order valence-electron chi connectivity index (χ4n) is 4.82. The molecule has 0 aliphatic heterocycles. The molecule has 1 amide bonds. The molecule has 3 N–H and O–H groups in total. The summed E-state index contributed by atoms with van der Waals surface area (Å²) in [5.74, 6) is -0.533. The summed E-state index contributed by atoms with van der Waals surface area (Å²) in [4.78, 5) is 33.6. The van der Waals surface area contributed by atoms with Gasteiger partial charge in [-0.1, -0.05) is 128 Å². The zero-order valence-electron chi connectivity index (χ0n) is 29.3. The van der Waals surface area contributed by atoms with Crippen LogP contribution in [0.25, 0.3) is 0 Å². The summed E-state index contributed by atoms with van der Waals surface area (Å²) in [7, 11) is -4.40. The number of phosphoric ester groups is 1. The van der Waals surface area contributed by atoms with Crippen LogP contribution in [0, 0.1) is 0 Å². The Bertz CT molecular complexity index is 820. The number of carbonyl (C=O) groups is 2. The molecule has 0 saturated carbocycles. The Morgan fingerprint density at radius 2 is 1.17 bits per heavy atom. The van der Waals surface area contributed by atoms with Crippen molar-refractivity contribution in [2.24, 2.45) is 0 Å². The minimum Gasteiger partial charge on any atom is -0.463 e.